The quantitative estimate of drug-likeness (QED) is 0.351. The minimum absolute atomic E-state index is 0.0211. The van der Waals surface area contributed by atoms with Gasteiger partial charge in [0.15, 0.2) is 0 Å². The van der Waals surface area contributed by atoms with Gasteiger partial charge in [-0.1, -0.05) is 55.5 Å². The Bertz CT molecular complexity index is 1240. The van der Waals surface area contributed by atoms with E-state index < -0.39 is 5.97 Å². The second-order valence-electron chi connectivity index (χ2n) is 8.51. The molecule has 1 aromatic heterocycles. The van der Waals surface area contributed by atoms with Gasteiger partial charge in [0.2, 0.25) is 0 Å². The van der Waals surface area contributed by atoms with Gasteiger partial charge in [0.05, 0.1) is 11.9 Å². The number of rotatable bonds is 8. The van der Waals surface area contributed by atoms with Crippen molar-refractivity contribution in [1.82, 2.24) is 4.57 Å². The third kappa shape index (κ3) is 4.70. The Labute approximate surface area is 189 Å². The van der Waals surface area contributed by atoms with Gasteiger partial charge in [-0.25, -0.2) is 0 Å². The molecule has 4 rings (SSSR count). The summed E-state index contributed by atoms with van der Waals surface area (Å²) in [6, 6.07) is 22.7. The number of nitrogens with zero attached hydrogens (tertiary/aromatic N) is 1. The number of benzene rings is 3. The van der Waals surface area contributed by atoms with Crippen molar-refractivity contribution >= 4 is 16.9 Å². The molecule has 0 saturated carbocycles. The van der Waals surface area contributed by atoms with Crippen LogP contribution in [0.2, 0.25) is 0 Å². The molecule has 3 aromatic carbocycles. The SMILES string of the molecule is Cc1ccccc1Cn1ccc2ccc(COc3ccc(C(C)CC(=O)O)cc3)c(C)c21. The van der Waals surface area contributed by atoms with Gasteiger partial charge in [0.1, 0.15) is 12.4 Å². The van der Waals surface area contributed by atoms with Crippen LogP contribution in [0, 0.1) is 13.8 Å². The van der Waals surface area contributed by atoms with Crippen molar-refractivity contribution < 1.29 is 14.6 Å². The summed E-state index contributed by atoms with van der Waals surface area (Å²) in [5, 5.41) is 10.2. The number of carboxylic acid groups (broad SMARTS) is 1. The molecule has 32 heavy (non-hydrogen) atoms. The maximum absolute atomic E-state index is 10.9. The molecule has 4 heteroatoms. The fourth-order valence-electron chi connectivity index (χ4n) is 4.22. The van der Waals surface area contributed by atoms with Gasteiger partial charge in [-0.15, -0.1) is 0 Å². The molecular formula is C28H29NO3. The average Bonchev–Trinajstić information content (AvgIpc) is 3.18. The fourth-order valence-corrected chi connectivity index (χ4v) is 4.22. The number of aliphatic carboxylic acids is 1. The van der Waals surface area contributed by atoms with E-state index in [-0.39, 0.29) is 12.3 Å². The van der Waals surface area contributed by atoms with E-state index in [1.165, 1.54) is 27.6 Å². The summed E-state index contributed by atoms with van der Waals surface area (Å²) in [6.45, 7) is 7.57. The zero-order valence-electron chi connectivity index (χ0n) is 18.8. The van der Waals surface area contributed by atoms with Crippen LogP contribution in [0.5, 0.6) is 5.75 Å². The zero-order valence-corrected chi connectivity index (χ0v) is 18.8. The number of hydrogen-bond acceptors (Lipinski definition) is 2. The number of fused-ring (bicyclic) bond motifs is 1. The van der Waals surface area contributed by atoms with Gasteiger partial charge in [0.25, 0.3) is 0 Å². The van der Waals surface area contributed by atoms with Crippen molar-refractivity contribution in [3.63, 3.8) is 0 Å². The lowest BCUT2D eigenvalue weighted by atomic mass is 9.98. The van der Waals surface area contributed by atoms with E-state index in [0.29, 0.717) is 6.61 Å². The Morgan fingerprint density at radius 2 is 1.72 bits per heavy atom. The Morgan fingerprint density at radius 1 is 0.969 bits per heavy atom. The van der Waals surface area contributed by atoms with Crippen LogP contribution in [0.15, 0.2) is 72.9 Å². The van der Waals surface area contributed by atoms with E-state index in [4.69, 9.17) is 9.84 Å². The number of aromatic nitrogens is 1. The highest BCUT2D eigenvalue weighted by Gasteiger charge is 2.12. The Hall–Kier alpha value is -3.53. The first-order valence-electron chi connectivity index (χ1n) is 11.0. The van der Waals surface area contributed by atoms with Crippen LogP contribution >= 0.6 is 0 Å². The monoisotopic (exact) mass is 427 g/mol. The van der Waals surface area contributed by atoms with Crippen molar-refractivity contribution in [2.24, 2.45) is 0 Å². The summed E-state index contributed by atoms with van der Waals surface area (Å²) in [5.74, 6) is -0.0193. The lowest BCUT2D eigenvalue weighted by Crippen LogP contribution is -2.04. The number of hydrogen-bond donors (Lipinski definition) is 1. The number of aryl methyl sites for hydroxylation is 2. The van der Waals surface area contributed by atoms with Gasteiger partial charge in [-0.3, -0.25) is 4.79 Å². The zero-order chi connectivity index (χ0) is 22.7. The first kappa shape index (κ1) is 21.7. The molecule has 0 amide bonds. The van der Waals surface area contributed by atoms with Gasteiger partial charge in [0, 0.05) is 12.7 Å². The molecule has 4 aromatic rings. The third-order valence-corrected chi connectivity index (χ3v) is 6.22. The van der Waals surface area contributed by atoms with Crippen LogP contribution < -0.4 is 4.74 Å². The molecule has 0 spiro atoms. The molecule has 4 nitrogen and oxygen atoms in total. The van der Waals surface area contributed by atoms with Gasteiger partial charge < -0.3 is 14.4 Å². The van der Waals surface area contributed by atoms with Crippen LogP contribution in [0.1, 0.15) is 47.1 Å². The first-order valence-corrected chi connectivity index (χ1v) is 11.0. The summed E-state index contributed by atoms with van der Waals surface area (Å²) in [4.78, 5) is 10.9. The van der Waals surface area contributed by atoms with E-state index in [1.54, 1.807) is 0 Å². The highest BCUT2D eigenvalue weighted by atomic mass is 16.5. The second-order valence-corrected chi connectivity index (χ2v) is 8.51. The summed E-state index contributed by atoms with van der Waals surface area (Å²) in [5.41, 5.74) is 7.26. The molecule has 1 atom stereocenters. The largest absolute Gasteiger partial charge is 0.489 e. The molecule has 164 valence electrons. The Balaban J connectivity index is 1.51. The Kier molecular flexibility index (Phi) is 6.31. The molecule has 0 aliphatic heterocycles. The van der Waals surface area contributed by atoms with Crippen molar-refractivity contribution in [2.45, 2.75) is 46.3 Å². The number of carboxylic acids is 1. The van der Waals surface area contributed by atoms with Crippen LogP contribution in [-0.2, 0) is 17.9 Å². The molecule has 0 aliphatic carbocycles. The molecule has 1 unspecified atom stereocenters. The predicted octanol–water partition coefficient (Wildman–Crippen LogP) is 6.46. The van der Waals surface area contributed by atoms with Crippen LogP contribution in [-0.4, -0.2) is 15.6 Å². The standard InChI is InChI=1S/C28H29NO3/c1-19-6-4-5-7-24(19)17-29-15-14-23-8-9-25(21(3)28(23)29)18-32-26-12-10-22(11-13-26)20(2)16-27(30)31/h4-15,20H,16-18H2,1-3H3,(H,30,31). The lowest BCUT2D eigenvalue weighted by Gasteiger charge is -2.14. The minimum atomic E-state index is -0.782. The number of ether oxygens (including phenoxy) is 1. The van der Waals surface area contributed by atoms with E-state index in [2.05, 4.69) is 67.1 Å². The minimum Gasteiger partial charge on any atom is -0.489 e. The van der Waals surface area contributed by atoms with E-state index in [9.17, 15) is 4.79 Å². The van der Waals surface area contributed by atoms with Crippen molar-refractivity contribution in [3.8, 4) is 5.75 Å². The normalized spacial score (nSPS) is 12.1. The summed E-state index contributed by atoms with van der Waals surface area (Å²) < 4.78 is 8.38. The highest BCUT2D eigenvalue weighted by molar-refractivity contribution is 5.84. The lowest BCUT2D eigenvalue weighted by molar-refractivity contribution is -0.137. The molecular weight excluding hydrogens is 398 g/mol. The van der Waals surface area contributed by atoms with Crippen molar-refractivity contribution in [1.29, 1.82) is 0 Å². The second kappa shape index (κ2) is 9.31. The van der Waals surface area contributed by atoms with Crippen molar-refractivity contribution in [2.75, 3.05) is 0 Å². The third-order valence-electron chi connectivity index (χ3n) is 6.22. The fraction of sp³-hybridized carbons (Fsp3) is 0.250. The first-order chi connectivity index (χ1) is 15.4. The number of carbonyl (C=O) groups is 1. The van der Waals surface area contributed by atoms with Gasteiger partial charge >= 0.3 is 5.97 Å². The molecule has 1 N–H and O–H groups in total. The molecule has 0 bridgehead atoms. The van der Waals surface area contributed by atoms with Gasteiger partial charge in [-0.05, 0) is 71.2 Å². The maximum atomic E-state index is 10.9. The Morgan fingerprint density at radius 3 is 2.44 bits per heavy atom. The van der Waals surface area contributed by atoms with E-state index >= 15 is 0 Å². The van der Waals surface area contributed by atoms with Gasteiger partial charge in [-0.2, -0.15) is 0 Å². The van der Waals surface area contributed by atoms with Crippen LogP contribution in [0.3, 0.4) is 0 Å². The molecule has 1 heterocycles. The summed E-state index contributed by atoms with van der Waals surface area (Å²) in [6.07, 6.45) is 2.29. The topological polar surface area (TPSA) is 51.5 Å². The smallest absolute Gasteiger partial charge is 0.303 e. The molecule has 0 aliphatic rings. The predicted molar refractivity (Wildman–Crippen MR) is 128 cm³/mol. The van der Waals surface area contributed by atoms with Crippen LogP contribution in [0.4, 0.5) is 0 Å². The highest BCUT2D eigenvalue weighted by Crippen LogP contribution is 2.27. The molecule has 0 radical (unpaired) electrons. The van der Waals surface area contributed by atoms with Crippen molar-refractivity contribution in [3.05, 3.63) is 101 Å². The summed E-state index contributed by atoms with van der Waals surface area (Å²) >= 11 is 0. The average molecular weight is 428 g/mol. The summed E-state index contributed by atoms with van der Waals surface area (Å²) in [7, 11) is 0. The van der Waals surface area contributed by atoms with E-state index in [1.807, 2.05) is 31.2 Å². The maximum Gasteiger partial charge on any atom is 0.303 e. The molecule has 0 fully saturated rings. The molecule has 0 saturated heterocycles. The van der Waals surface area contributed by atoms with E-state index in [0.717, 1.165) is 23.4 Å². The van der Waals surface area contributed by atoms with Crippen LogP contribution in [0.25, 0.3) is 10.9 Å².